The Morgan fingerprint density at radius 3 is 2.00 bits per heavy atom. The Morgan fingerprint density at radius 2 is 1.50 bits per heavy atom. The van der Waals surface area contributed by atoms with E-state index < -0.39 is 0 Å². The van der Waals surface area contributed by atoms with Gasteiger partial charge in [0.2, 0.25) is 11.8 Å². The Kier molecular flexibility index (Phi) is 7.60. The van der Waals surface area contributed by atoms with Crippen molar-refractivity contribution in [3.05, 3.63) is 0 Å². The summed E-state index contributed by atoms with van der Waals surface area (Å²) in [6.45, 7) is 9.50. The molecule has 0 saturated carbocycles. The second kappa shape index (κ2) is 8.13. The van der Waals surface area contributed by atoms with E-state index in [9.17, 15) is 9.59 Å². The molecule has 0 fully saturated rings. The fraction of sp³-hybridized carbons (Fsp3) is 0.833. The molecule has 0 aliphatic heterocycles. The van der Waals surface area contributed by atoms with Crippen LogP contribution in [0.15, 0.2) is 0 Å². The van der Waals surface area contributed by atoms with Gasteiger partial charge in [-0.2, -0.15) is 0 Å². The number of amides is 2. The van der Waals surface area contributed by atoms with E-state index in [2.05, 4.69) is 24.5 Å². The van der Waals surface area contributed by atoms with Crippen LogP contribution in [-0.4, -0.2) is 24.9 Å². The van der Waals surface area contributed by atoms with Gasteiger partial charge in [0.15, 0.2) is 0 Å². The van der Waals surface area contributed by atoms with Gasteiger partial charge >= 0.3 is 0 Å². The Morgan fingerprint density at radius 1 is 0.938 bits per heavy atom. The van der Waals surface area contributed by atoms with Gasteiger partial charge in [-0.05, 0) is 18.3 Å². The van der Waals surface area contributed by atoms with Crippen molar-refractivity contribution in [2.75, 3.05) is 13.1 Å². The highest BCUT2D eigenvalue weighted by Gasteiger charge is 2.08. The lowest BCUT2D eigenvalue weighted by Crippen LogP contribution is -2.34. The van der Waals surface area contributed by atoms with Crippen LogP contribution in [0.5, 0.6) is 0 Å². The van der Waals surface area contributed by atoms with Crippen molar-refractivity contribution in [2.45, 2.75) is 40.5 Å². The van der Waals surface area contributed by atoms with Crippen LogP contribution in [0.2, 0.25) is 0 Å². The van der Waals surface area contributed by atoms with Gasteiger partial charge < -0.3 is 10.6 Å². The highest BCUT2D eigenvalue weighted by molar-refractivity contribution is 5.96. The predicted molar refractivity (Wildman–Crippen MR) is 64.9 cm³/mol. The van der Waals surface area contributed by atoms with Gasteiger partial charge in [-0.25, -0.2) is 0 Å². The molecule has 0 aliphatic carbocycles. The summed E-state index contributed by atoms with van der Waals surface area (Å²) in [4.78, 5) is 22.6. The smallest absolute Gasteiger partial charge is 0.229 e. The minimum absolute atomic E-state index is 0.0647. The first-order chi connectivity index (χ1) is 7.41. The molecule has 0 bridgehead atoms. The number of hydrogen-bond acceptors (Lipinski definition) is 2. The van der Waals surface area contributed by atoms with Crippen molar-refractivity contribution in [1.29, 1.82) is 0 Å². The van der Waals surface area contributed by atoms with Crippen LogP contribution in [0.4, 0.5) is 0 Å². The highest BCUT2D eigenvalue weighted by atomic mass is 16.2. The fourth-order valence-corrected chi connectivity index (χ4v) is 1.09. The molecule has 0 atom stereocenters. The molecular weight excluding hydrogens is 204 g/mol. The van der Waals surface area contributed by atoms with E-state index in [1.165, 1.54) is 0 Å². The number of rotatable bonds is 7. The van der Waals surface area contributed by atoms with Gasteiger partial charge in [-0.15, -0.1) is 0 Å². The number of nitrogens with one attached hydrogen (secondary N) is 2. The van der Waals surface area contributed by atoms with Crippen molar-refractivity contribution < 1.29 is 9.59 Å². The monoisotopic (exact) mass is 228 g/mol. The Hall–Kier alpha value is -1.06. The second-order valence-corrected chi connectivity index (χ2v) is 4.91. The number of hydrogen-bond donors (Lipinski definition) is 2. The molecule has 4 nitrogen and oxygen atoms in total. The summed E-state index contributed by atoms with van der Waals surface area (Å²) in [6.07, 6.45) is 0.879. The van der Waals surface area contributed by atoms with Gasteiger partial charge in [-0.1, -0.05) is 27.7 Å². The van der Waals surface area contributed by atoms with Crippen LogP contribution < -0.4 is 10.6 Å². The lowest BCUT2D eigenvalue weighted by molar-refractivity contribution is -0.129. The van der Waals surface area contributed by atoms with Crippen molar-refractivity contribution >= 4 is 11.8 Å². The molecule has 0 spiro atoms. The van der Waals surface area contributed by atoms with Crippen molar-refractivity contribution in [2.24, 2.45) is 11.8 Å². The van der Waals surface area contributed by atoms with Gasteiger partial charge in [0.25, 0.3) is 0 Å². The zero-order valence-electron chi connectivity index (χ0n) is 10.8. The molecular formula is C12H24N2O2. The van der Waals surface area contributed by atoms with Gasteiger partial charge in [0, 0.05) is 13.1 Å². The maximum atomic E-state index is 11.3. The molecule has 0 heterocycles. The lowest BCUT2D eigenvalue weighted by atomic mass is 10.1. The van der Waals surface area contributed by atoms with Crippen LogP contribution >= 0.6 is 0 Å². The molecule has 4 heteroatoms. The van der Waals surface area contributed by atoms with E-state index in [-0.39, 0.29) is 18.2 Å². The first kappa shape index (κ1) is 14.9. The second-order valence-electron chi connectivity index (χ2n) is 4.91. The quantitative estimate of drug-likeness (QED) is 0.645. The minimum Gasteiger partial charge on any atom is -0.356 e. The molecule has 94 valence electrons. The summed E-state index contributed by atoms with van der Waals surface area (Å²) in [7, 11) is 0. The van der Waals surface area contributed by atoms with Crippen molar-refractivity contribution in [3.8, 4) is 0 Å². The molecule has 0 unspecified atom stereocenters. The normalized spacial score (nSPS) is 10.6. The number of carbonyl (C=O) groups is 2. The van der Waals surface area contributed by atoms with Gasteiger partial charge in [-0.3, -0.25) is 9.59 Å². The van der Waals surface area contributed by atoms with Crippen LogP contribution in [0.3, 0.4) is 0 Å². The molecule has 16 heavy (non-hydrogen) atoms. The topological polar surface area (TPSA) is 58.2 Å². The van der Waals surface area contributed by atoms with Crippen molar-refractivity contribution in [3.63, 3.8) is 0 Å². The van der Waals surface area contributed by atoms with E-state index in [1.54, 1.807) is 0 Å². The summed E-state index contributed by atoms with van der Waals surface area (Å²) in [5.41, 5.74) is 0. The van der Waals surface area contributed by atoms with E-state index in [0.717, 1.165) is 6.42 Å². The summed E-state index contributed by atoms with van der Waals surface area (Å²) in [5, 5.41) is 5.45. The third-order valence-corrected chi connectivity index (χ3v) is 2.07. The van der Waals surface area contributed by atoms with E-state index in [0.29, 0.717) is 24.9 Å². The Balaban J connectivity index is 3.58. The molecule has 0 aliphatic rings. The third-order valence-electron chi connectivity index (χ3n) is 2.07. The molecule has 2 amide bonds. The van der Waals surface area contributed by atoms with E-state index in [4.69, 9.17) is 0 Å². The maximum absolute atomic E-state index is 11.3. The largest absolute Gasteiger partial charge is 0.356 e. The average molecular weight is 228 g/mol. The van der Waals surface area contributed by atoms with Crippen LogP contribution in [0, 0.1) is 11.8 Å². The summed E-state index contributed by atoms with van der Waals surface area (Å²) in [6, 6.07) is 0. The molecule has 2 N–H and O–H groups in total. The molecule has 0 aromatic rings. The standard InChI is InChI=1S/C12H24N2O2/c1-9(2)5-6-13-11(15)7-12(16)14-8-10(3)4/h9-10H,5-8H2,1-4H3,(H,13,15)(H,14,16). The minimum atomic E-state index is -0.198. The fourth-order valence-electron chi connectivity index (χ4n) is 1.09. The van der Waals surface area contributed by atoms with Crippen LogP contribution in [0.1, 0.15) is 40.5 Å². The SMILES string of the molecule is CC(C)CCNC(=O)CC(=O)NCC(C)C. The Bertz CT molecular complexity index is 225. The van der Waals surface area contributed by atoms with Crippen LogP contribution in [0.25, 0.3) is 0 Å². The summed E-state index contributed by atoms with van der Waals surface area (Å²) >= 11 is 0. The zero-order chi connectivity index (χ0) is 12.6. The molecule has 0 aromatic carbocycles. The summed E-state index contributed by atoms with van der Waals surface area (Å²) in [5.74, 6) is 0.584. The maximum Gasteiger partial charge on any atom is 0.229 e. The first-order valence-electron chi connectivity index (χ1n) is 5.95. The number of carbonyl (C=O) groups excluding carboxylic acids is 2. The first-order valence-corrected chi connectivity index (χ1v) is 5.95. The predicted octanol–water partition coefficient (Wildman–Crippen LogP) is 1.31. The van der Waals surface area contributed by atoms with Crippen molar-refractivity contribution in [1.82, 2.24) is 10.6 Å². The molecule has 0 radical (unpaired) electrons. The average Bonchev–Trinajstić information content (AvgIpc) is 2.14. The van der Waals surface area contributed by atoms with E-state index in [1.807, 2.05) is 13.8 Å². The molecule has 0 saturated heterocycles. The third kappa shape index (κ3) is 9.49. The molecule has 0 aromatic heterocycles. The molecule has 0 rings (SSSR count). The van der Waals surface area contributed by atoms with Gasteiger partial charge in [0.05, 0.1) is 0 Å². The van der Waals surface area contributed by atoms with Crippen LogP contribution in [-0.2, 0) is 9.59 Å². The van der Waals surface area contributed by atoms with E-state index >= 15 is 0 Å². The summed E-state index contributed by atoms with van der Waals surface area (Å²) < 4.78 is 0. The Labute approximate surface area is 98.2 Å². The zero-order valence-corrected chi connectivity index (χ0v) is 10.8. The highest BCUT2D eigenvalue weighted by Crippen LogP contribution is 1.96. The van der Waals surface area contributed by atoms with Gasteiger partial charge in [0.1, 0.15) is 6.42 Å². The lowest BCUT2D eigenvalue weighted by Gasteiger charge is -2.09.